The van der Waals surface area contributed by atoms with Crippen molar-refractivity contribution in [2.75, 3.05) is 11.4 Å². The lowest BCUT2D eigenvalue weighted by molar-refractivity contribution is 0.0938. The van der Waals surface area contributed by atoms with Crippen molar-refractivity contribution in [3.63, 3.8) is 0 Å². The fourth-order valence-electron chi connectivity index (χ4n) is 5.06. The van der Waals surface area contributed by atoms with Crippen LogP contribution < -0.4 is 16.0 Å². The van der Waals surface area contributed by atoms with Gasteiger partial charge in [0.1, 0.15) is 0 Å². The number of nitrogens with zero attached hydrogens (tertiary/aromatic N) is 1. The lowest BCUT2D eigenvalue weighted by atomic mass is 9.96. The van der Waals surface area contributed by atoms with E-state index in [9.17, 15) is 9.59 Å². The number of amides is 2. The number of carbonyl (C=O) groups is 2. The van der Waals surface area contributed by atoms with E-state index in [0.29, 0.717) is 11.1 Å². The number of rotatable bonds is 7. The third kappa shape index (κ3) is 5.65. The molecule has 4 aromatic carbocycles. The molecule has 0 radical (unpaired) electrons. The molecule has 1 atom stereocenters. The quantitative estimate of drug-likeness (QED) is 0.262. The van der Waals surface area contributed by atoms with Gasteiger partial charge in [0.25, 0.3) is 5.91 Å². The van der Waals surface area contributed by atoms with Gasteiger partial charge in [0.05, 0.1) is 6.04 Å². The van der Waals surface area contributed by atoms with Crippen LogP contribution in [0.25, 0.3) is 11.1 Å². The second kappa shape index (κ2) is 11.2. The molecular weight excluding hydrogens is 538 g/mol. The van der Waals surface area contributed by atoms with E-state index in [1.165, 1.54) is 16.8 Å². The normalized spacial score (nSPS) is 13.5. The molecule has 0 aromatic heterocycles. The van der Waals surface area contributed by atoms with Crippen LogP contribution in [0.1, 0.15) is 56.8 Å². The highest BCUT2D eigenvalue weighted by molar-refractivity contribution is 9.10. The van der Waals surface area contributed by atoms with Crippen LogP contribution in [0.3, 0.4) is 0 Å². The van der Waals surface area contributed by atoms with Crippen LogP contribution in [0.2, 0.25) is 0 Å². The summed E-state index contributed by atoms with van der Waals surface area (Å²) in [6, 6.07) is 29.7. The zero-order valence-corrected chi connectivity index (χ0v) is 22.9. The Morgan fingerprint density at radius 1 is 0.974 bits per heavy atom. The topological polar surface area (TPSA) is 75.4 Å². The minimum atomic E-state index is -0.426. The fraction of sp³-hybridized carbons (Fsp3) is 0.188. The second-order valence-electron chi connectivity index (χ2n) is 9.72. The van der Waals surface area contributed by atoms with Gasteiger partial charge in [-0.3, -0.25) is 9.59 Å². The Morgan fingerprint density at radius 3 is 2.45 bits per heavy atom. The maximum atomic E-state index is 13.0. The van der Waals surface area contributed by atoms with Crippen molar-refractivity contribution in [1.82, 2.24) is 5.32 Å². The summed E-state index contributed by atoms with van der Waals surface area (Å²) in [6.07, 6.45) is 2.00. The summed E-state index contributed by atoms with van der Waals surface area (Å²) in [7, 11) is 0. The van der Waals surface area contributed by atoms with Crippen LogP contribution in [0.5, 0.6) is 0 Å². The standard InChI is InChI=1S/C32H30BrN3O2/c1-21(23-12-15-27(33)16-13-23)35-32(38)26-14-17-30-25(19-26)5-4-18-36(30)20-22-8-10-24(11-9-22)28-6-2-3-7-29(28)31(34)37/h2-3,6-17,19,21H,4-5,18,20H2,1H3,(H2,34,37)(H,35,38)/t21-/m0/s1. The van der Waals surface area contributed by atoms with Gasteiger partial charge in [-0.05, 0) is 84.0 Å². The first kappa shape index (κ1) is 25.7. The summed E-state index contributed by atoms with van der Waals surface area (Å²) >= 11 is 3.46. The average Bonchev–Trinajstić information content (AvgIpc) is 2.93. The predicted octanol–water partition coefficient (Wildman–Crippen LogP) is 6.66. The van der Waals surface area contributed by atoms with E-state index in [4.69, 9.17) is 5.73 Å². The number of hydrogen-bond acceptors (Lipinski definition) is 3. The summed E-state index contributed by atoms with van der Waals surface area (Å²) in [5.74, 6) is -0.488. The minimum Gasteiger partial charge on any atom is -0.367 e. The van der Waals surface area contributed by atoms with Crippen molar-refractivity contribution in [2.45, 2.75) is 32.4 Å². The van der Waals surface area contributed by atoms with E-state index in [-0.39, 0.29) is 11.9 Å². The molecule has 1 aliphatic heterocycles. The number of fused-ring (bicyclic) bond motifs is 1. The van der Waals surface area contributed by atoms with E-state index < -0.39 is 5.91 Å². The molecule has 4 aromatic rings. The van der Waals surface area contributed by atoms with Crippen LogP contribution in [-0.2, 0) is 13.0 Å². The zero-order valence-electron chi connectivity index (χ0n) is 21.3. The van der Waals surface area contributed by atoms with Crippen molar-refractivity contribution in [3.05, 3.63) is 123 Å². The van der Waals surface area contributed by atoms with Crippen molar-refractivity contribution < 1.29 is 9.59 Å². The van der Waals surface area contributed by atoms with E-state index in [1.807, 2.05) is 73.7 Å². The lowest BCUT2D eigenvalue weighted by Gasteiger charge is -2.32. The first-order valence-corrected chi connectivity index (χ1v) is 13.6. The van der Waals surface area contributed by atoms with Gasteiger partial charge >= 0.3 is 0 Å². The first-order chi connectivity index (χ1) is 18.4. The molecule has 0 saturated carbocycles. The molecule has 2 amide bonds. The first-order valence-electron chi connectivity index (χ1n) is 12.8. The Balaban J connectivity index is 1.29. The predicted molar refractivity (Wildman–Crippen MR) is 156 cm³/mol. The summed E-state index contributed by atoms with van der Waals surface area (Å²) in [4.78, 5) is 27.2. The van der Waals surface area contributed by atoms with E-state index >= 15 is 0 Å². The van der Waals surface area contributed by atoms with E-state index in [1.54, 1.807) is 6.07 Å². The third-order valence-corrected chi connectivity index (χ3v) is 7.63. The molecular formula is C32H30BrN3O2. The van der Waals surface area contributed by atoms with Crippen molar-refractivity contribution in [2.24, 2.45) is 5.73 Å². The Hall–Kier alpha value is -3.90. The van der Waals surface area contributed by atoms with Gasteiger partial charge in [-0.1, -0.05) is 70.5 Å². The molecule has 0 spiro atoms. The number of nitrogens with two attached hydrogens (primary N) is 1. The highest BCUT2D eigenvalue weighted by Crippen LogP contribution is 2.31. The van der Waals surface area contributed by atoms with Crippen LogP contribution >= 0.6 is 15.9 Å². The lowest BCUT2D eigenvalue weighted by Crippen LogP contribution is -2.30. The second-order valence-corrected chi connectivity index (χ2v) is 10.6. The molecule has 0 saturated heterocycles. The molecule has 3 N–H and O–H groups in total. The number of primary amides is 1. The van der Waals surface area contributed by atoms with Gasteiger partial charge in [0.2, 0.25) is 5.91 Å². The highest BCUT2D eigenvalue weighted by atomic mass is 79.9. The molecule has 6 heteroatoms. The van der Waals surface area contributed by atoms with Gasteiger partial charge in [-0.15, -0.1) is 0 Å². The molecule has 5 nitrogen and oxygen atoms in total. The highest BCUT2D eigenvalue weighted by Gasteiger charge is 2.20. The van der Waals surface area contributed by atoms with Crippen LogP contribution in [0, 0.1) is 0 Å². The van der Waals surface area contributed by atoms with Crippen LogP contribution in [0.15, 0.2) is 95.5 Å². The van der Waals surface area contributed by atoms with E-state index in [0.717, 1.165) is 47.1 Å². The number of aryl methyl sites for hydroxylation is 1. The maximum Gasteiger partial charge on any atom is 0.251 e. The van der Waals surface area contributed by atoms with Crippen molar-refractivity contribution in [3.8, 4) is 11.1 Å². The Kier molecular flexibility index (Phi) is 7.61. The van der Waals surface area contributed by atoms with Crippen molar-refractivity contribution in [1.29, 1.82) is 0 Å². The maximum absolute atomic E-state index is 13.0. The monoisotopic (exact) mass is 567 g/mol. The van der Waals surface area contributed by atoms with Gasteiger partial charge in [-0.2, -0.15) is 0 Å². The number of anilines is 1. The van der Waals surface area contributed by atoms with Gasteiger partial charge in [-0.25, -0.2) is 0 Å². The molecule has 0 aliphatic carbocycles. The zero-order chi connectivity index (χ0) is 26.6. The molecule has 192 valence electrons. The Morgan fingerprint density at radius 2 is 1.71 bits per heavy atom. The summed E-state index contributed by atoms with van der Waals surface area (Å²) in [6.45, 7) is 3.74. The van der Waals surface area contributed by atoms with Gasteiger partial charge in [0, 0.05) is 34.4 Å². The summed E-state index contributed by atoms with van der Waals surface area (Å²) in [5, 5.41) is 3.12. The molecule has 0 bridgehead atoms. The largest absolute Gasteiger partial charge is 0.367 e. The van der Waals surface area contributed by atoms with Crippen LogP contribution in [0.4, 0.5) is 5.69 Å². The van der Waals surface area contributed by atoms with Crippen molar-refractivity contribution >= 4 is 33.4 Å². The summed E-state index contributed by atoms with van der Waals surface area (Å²) in [5.41, 5.74) is 13.2. The SMILES string of the molecule is C[C@H](NC(=O)c1ccc2c(c1)CCCN2Cc1ccc(-c2ccccc2C(N)=O)cc1)c1ccc(Br)cc1. The number of carbonyl (C=O) groups excluding carboxylic acids is 2. The minimum absolute atomic E-state index is 0.0628. The fourth-order valence-corrected chi connectivity index (χ4v) is 5.32. The molecule has 0 unspecified atom stereocenters. The number of nitrogens with one attached hydrogen (secondary N) is 1. The molecule has 38 heavy (non-hydrogen) atoms. The molecule has 0 fully saturated rings. The number of benzene rings is 4. The molecule has 1 heterocycles. The molecule has 1 aliphatic rings. The Labute approximate surface area is 231 Å². The number of hydrogen-bond donors (Lipinski definition) is 2. The number of halogens is 1. The van der Waals surface area contributed by atoms with Gasteiger partial charge in [0.15, 0.2) is 0 Å². The summed E-state index contributed by atoms with van der Waals surface area (Å²) < 4.78 is 1.02. The average molecular weight is 569 g/mol. The van der Waals surface area contributed by atoms with Gasteiger partial charge < -0.3 is 16.0 Å². The smallest absolute Gasteiger partial charge is 0.251 e. The van der Waals surface area contributed by atoms with E-state index in [2.05, 4.69) is 44.3 Å². The Bertz CT molecular complexity index is 1470. The third-order valence-electron chi connectivity index (χ3n) is 7.11. The molecule has 5 rings (SSSR count). The van der Waals surface area contributed by atoms with Crippen LogP contribution in [-0.4, -0.2) is 18.4 Å².